The van der Waals surface area contributed by atoms with Crippen molar-refractivity contribution < 1.29 is 19.7 Å². The molecule has 1 unspecified atom stereocenters. The second-order valence-electron chi connectivity index (χ2n) is 10.1. The van der Waals surface area contributed by atoms with Gasteiger partial charge >= 0.3 is 5.97 Å². The summed E-state index contributed by atoms with van der Waals surface area (Å²) in [5, 5.41) is 22.0. The van der Waals surface area contributed by atoms with Gasteiger partial charge in [-0.2, -0.15) is 0 Å². The van der Waals surface area contributed by atoms with Gasteiger partial charge in [-0.3, -0.25) is 4.79 Å². The van der Waals surface area contributed by atoms with E-state index in [1.54, 1.807) is 0 Å². The molecule has 0 saturated heterocycles. The van der Waals surface area contributed by atoms with Crippen LogP contribution in [0, 0.1) is 11.3 Å². The van der Waals surface area contributed by atoms with Crippen LogP contribution in [-0.4, -0.2) is 34.8 Å². The van der Waals surface area contributed by atoms with E-state index in [2.05, 4.69) is 19.1 Å². The normalized spacial score (nSPS) is 27.7. The molecule has 0 aromatic heterocycles. The highest BCUT2D eigenvalue weighted by Crippen LogP contribution is 2.54. The molecule has 0 radical (unpaired) electrons. The van der Waals surface area contributed by atoms with Crippen LogP contribution in [0.1, 0.15) is 107 Å². The third kappa shape index (κ3) is 5.87. The zero-order valence-electron chi connectivity index (χ0n) is 19.8. The summed E-state index contributed by atoms with van der Waals surface area (Å²) in [6.07, 6.45) is 10.7. The fraction of sp³-hybridized carbons (Fsp3) is 0.741. The number of methoxy groups -OCH3 is 1. The number of alkyl halides is 1. The summed E-state index contributed by atoms with van der Waals surface area (Å²) in [7, 11) is 1.43. The standard InChI is InChI=1S/C27H41ClO4/c1-3-14-27(15-9-16-27)26(31)20-11-8-10-19(17-20)25-21(22(28)18-23(25)29)12-6-4-5-7-13-24(30)32-2/h8,10-11,17,21-23,25-26,29,31H,3-7,9,12-16,18H2,1-2H3/t21-,22+,23+,25+,26?/m0/s1. The number of esters is 1. The number of aliphatic hydroxyl groups excluding tert-OH is 2. The molecule has 2 fully saturated rings. The number of rotatable bonds is 12. The number of halogens is 1. The van der Waals surface area contributed by atoms with Gasteiger partial charge in [-0.1, -0.05) is 63.3 Å². The van der Waals surface area contributed by atoms with Crippen LogP contribution in [0.2, 0.25) is 0 Å². The highest BCUT2D eigenvalue weighted by Gasteiger charge is 2.44. The zero-order chi connectivity index (χ0) is 23.1. The monoisotopic (exact) mass is 464 g/mol. The summed E-state index contributed by atoms with van der Waals surface area (Å²) in [5.74, 6) is 0.102. The van der Waals surface area contributed by atoms with Crippen molar-refractivity contribution in [2.75, 3.05) is 7.11 Å². The average Bonchev–Trinajstić information content (AvgIpc) is 3.05. The van der Waals surface area contributed by atoms with Gasteiger partial charge in [-0.15, -0.1) is 11.6 Å². The van der Waals surface area contributed by atoms with E-state index in [0.29, 0.717) is 12.8 Å². The average molecular weight is 465 g/mol. The Hall–Kier alpha value is -1.10. The van der Waals surface area contributed by atoms with Gasteiger partial charge in [0, 0.05) is 23.1 Å². The Kier molecular flexibility index (Phi) is 9.45. The van der Waals surface area contributed by atoms with Crippen LogP contribution in [0.25, 0.3) is 0 Å². The van der Waals surface area contributed by atoms with Gasteiger partial charge in [-0.25, -0.2) is 0 Å². The SMILES string of the molecule is CCCC1(C(O)c2cccc([C@@H]3[C@@H](CCCCCCC(=O)OC)[C@H](Cl)C[C@H]3O)c2)CCC1. The second-order valence-corrected chi connectivity index (χ2v) is 10.6. The summed E-state index contributed by atoms with van der Waals surface area (Å²) >= 11 is 6.70. The first-order valence-corrected chi connectivity index (χ1v) is 13.0. The maximum atomic E-state index is 11.2. The first kappa shape index (κ1) is 25.5. The third-order valence-electron chi connectivity index (χ3n) is 7.99. The predicted molar refractivity (Wildman–Crippen MR) is 129 cm³/mol. The summed E-state index contributed by atoms with van der Waals surface area (Å²) < 4.78 is 4.70. The molecule has 0 amide bonds. The number of carbonyl (C=O) groups excluding carboxylic acids is 1. The van der Waals surface area contributed by atoms with E-state index >= 15 is 0 Å². The molecule has 2 N–H and O–H groups in total. The van der Waals surface area contributed by atoms with Gasteiger partial charge in [0.05, 0.1) is 19.3 Å². The number of hydrogen-bond acceptors (Lipinski definition) is 4. The van der Waals surface area contributed by atoms with E-state index in [1.807, 2.05) is 12.1 Å². The van der Waals surface area contributed by atoms with E-state index in [9.17, 15) is 15.0 Å². The molecule has 2 saturated carbocycles. The number of hydrogen-bond donors (Lipinski definition) is 2. The molecule has 3 rings (SSSR count). The van der Waals surface area contributed by atoms with Crippen LogP contribution in [0.15, 0.2) is 24.3 Å². The molecule has 0 bridgehead atoms. The smallest absolute Gasteiger partial charge is 0.305 e. The van der Waals surface area contributed by atoms with Crippen molar-refractivity contribution >= 4 is 17.6 Å². The lowest BCUT2D eigenvalue weighted by Crippen LogP contribution is -2.36. The highest BCUT2D eigenvalue weighted by molar-refractivity contribution is 6.21. The number of carbonyl (C=O) groups is 1. The van der Waals surface area contributed by atoms with Crippen molar-refractivity contribution in [1.29, 1.82) is 0 Å². The molecule has 2 aliphatic carbocycles. The van der Waals surface area contributed by atoms with Crippen LogP contribution in [0.3, 0.4) is 0 Å². The maximum Gasteiger partial charge on any atom is 0.305 e. The minimum atomic E-state index is -0.442. The molecule has 4 nitrogen and oxygen atoms in total. The van der Waals surface area contributed by atoms with Gasteiger partial charge in [0.2, 0.25) is 0 Å². The number of ether oxygens (including phenoxy) is 1. The molecular formula is C27H41ClO4. The van der Waals surface area contributed by atoms with E-state index in [4.69, 9.17) is 16.3 Å². The summed E-state index contributed by atoms with van der Waals surface area (Å²) in [6, 6.07) is 8.30. The molecule has 0 aliphatic heterocycles. The topological polar surface area (TPSA) is 66.8 Å². The van der Waals surface area contributed by atoms with E-state index in [1.165, 1.54) is 13.5 Å². The summed E-state index contributed by atoms with van der Waals surface area (Å²) in [6.45, 7) is 2.19. The largest absolute Gasteiger partial charge is 0.469 e. The van der Waals surface area contributed by atoms with Crippen LogP contribution >= 0.6 is 11.6 Å². The van der Waals surface area contributed by atoms with Crippen LogP contribution in [0.4, 0.5) is 0 Å². The van der Waals surface area contributed by atoms with E-state index in [-0.39, 0.29) is 28.6 Å². The Morgan fingerprint density at radius 2 is 2.00 bits per heavy atom. The third-order valence-corrected chi connectivity index (χ3v) is 8.49. The molecule has 5 atom stereocenters. The molecule has 2 aliphatic rings. The number of aliphatic hydroxyl groups is 2. The lowest BCUT2D eigenvalue weighted by atomic mass is 9.61. The Balaban J connectivity index is 1.63. The van der Waals surface area contributed by atoms with Crippen molar-refractivity contribution in [3.05, 3.63) is 35.4 Å². The Bertz CT molecular complexity index is 732. The van der Waals surface area contributed by atoms with Crippen molar-refractivity contribution in [3.8, 4) is 0 Å². The number of benzene rings is 1. The quantitative estimate of drug-likeness (QED) is 0.217. The molecule has 5 heteroatoms. The van der Waals surface area contributed by atoms with Crippen LogP contribution in [0.5, 0.6) is 0 Å². The first-order valence-electron chi connectivity index (χ1n) is 12.6. The molecule has 0 spiro atoms. The fourth-order valence-corrected chi connectivity index (χ4v) is 6.54. The molecule has 32 heavy (non-hydrogen) atoms. The maximum absolute atomic E-state index is 11.2. The zero-order valence-corrected chi connectivity index (χ0v) is 20.5. The Morgan fingerprint density at radius 3 is 2.66 bits per heavy atom. The van der Waals surface area contributed by atoms with Gasteiger partial charge in [-0.05, 0) is 55.6 Å². The molecular weight excluding hydrogens is 424 g/mol. The van der Waals surface area contributed by atoms with Gasteiger partial charge in [0.1, 0.15) is 0 Å². The Labute approximate surface area is 198 Å². The fourth-order valence-electron chi connectivity index (χ4n) is 6.08. The molecule has 180 valence electrons. The van der Waals surface area contributed by atoms with Crippen molar-refractivity contribution in [2.24, 2.45) is 11.3 Å². The predicted octanol–water partition coefficient (Wildman–Crippen LogP) is 6.28. The molecule has 1 aromatic carbocycles. The van der Waals surface area contributed by atoms with Crippen molar-refractivity contribution in [1.82, 2.24) is 0 Å². The van der Waals surface area contributed by atoms with E-state index < -0.39 is 12.2 Å². The minimum absolute atomic E-state index is 0.0169. The molecule has 1 aromatic rings. The second kappa shape index (κ2) is 11.9. The van der Waals surface area contributed by atoms with Gasteiger partial charge in [0.25, 0.3) is 0 Å². The summed E-state index contributed by atoms with van der Waals surface area (Å²) in [4.78, 5) is 11.2. The minimum Gasteiger partial charge on any atom is -0.469 e. The van der Waals surface area contributed by atoms with Crippen molar-refractivity contribution in [3.63, 3.8) is 0 Å². The summed E-state index contributed by atoms with van der Waals surface area (Å²) in [5.41, 5.74) is 2.13. The van der Waals surface area contributed by atoms with E-state index in [0.717, 1.165) is 68.9 Å². The Morgan fingerprint density at radius 1 is 1.25 bits per heavy atom. The van der Waals surface area contributed by atoms with Crippen LogP contribution < -0.4 is 0 Å². The number of unbranched alkanes of at least 4 members (excludes halogenated alkanes) is 3. The lowest BCUT2D eigenvalue weighted by molar-refractivity contribution is -0.140. The highest BCUT2D eigenvalue weighted by atomic mass is 35.5. The van der Waals surface area contributed by atoms with Gasteiger partial charge < -0.3 is 14.9 Å². The van der Waals surface area contributed by atoms with Crippen LogP contribution in [-0.2, 0) is 9.53 Å². The van der Waals surface area contributed by atoms with Crippen molar-refractivity contribution in [2.45, 2.75) is 107 Å². The van der Waals surface area contributed by atoms with Gasteiger partial charge in [0.15, 0.2) is 0 Å². The lowest BCUT2D eigenvalue weighted by Gasteiger charge is -2.46. The molecule has 0 heterocycles. The first-order chi connectivity index (χ1) is 15.4.